The van der Waals surface area contributed by atoms with Crippen LogP contribution in [0.5, 0.6) is 34.5 Å². The Labute approximate surface area is 337 Å². The molecule has 1 heterocycles. The third-order valence-corrected chi connectivity index (χ3v) is 10.2. The Bertz CT molecular complexity index is 2660. The van der Waals surface area contributed by atoms with Crippen molar-refractivity contribution in [3.05, 3.63) is 172 Å². The van der Waals surface area contributed by atoms with E-state index >= 15 is 0 Å². The summed E-state index contributed by atoms with van der Waals surface area (Å²) in [6, 6.07) is 41.4. The summed E-state index contributed by atoms with van der Waals surface area (Å²) in [6.07, 6.45) is -0.436. The number of hydrogen-bond donors (Lipinski definition) is 0. The fourth-order valence-corrected chi connectivity index (χ4v) is 7.06. The highest BCUT2D eigenvalue weighted by Crippen LogP contribution is 2.46. The average Bonchev–Trinajstić information content (AvgIpc) is 3.23. The van der Waals surface area contributed by atoms with Crippen molar-refractivity contribution in [3.8, 4) is 45.8 Å². The van der Waals surface area contributed by atoms with E-state index in [2.05, 4.69) is 0 Å². The molecule has 0 radical (unpaired) electrons. The maximum Gasteiger partial charge on any atom is 0.339 e. The van der Waals surface area contributed by atoms with Gasteiger partial charge in [-0.05, 0) is 67.8 Å². The van der Waals surface area contributed by atoms with Crippen LogP contribution in [0, 0.1) is 6.92 Å². The number of aryl methyl sites for hydroxylation is 1. The van der Waals surface area contributed by atoms with Gasteiger partial charge in [-0.1, -0.05) is 109 Å². The molecule has 0 aliphatic rings. The summed E-state index contributed by atoms with van der Waals surface area (Å²) in [5.41, 5.74) is 3.08. The lowest BCUT2D eigenvalue weighted by Crippen LogP contribution is -2.18. The van der Waals surface area contributed by atoms with Gasteiger partial charge in [-0.3, -0.25) is 4.79 Å². The Morgan fingerprint density at radius 2 is 1.14 bits per heavy atom. The minimum Gasteiger partial charge on any atom is -0.490 e. The molecule has 0 bridgehead atoms. The minimum atomic E-state index is -4.57. The monoisotopic (exact) mass is 798 g/mol. The van der Waals surface area contributed by atoms with Crippen LogP contribution in [0.3, 0.4) is 0 Å². The summed E-state index contributed by atoms with van der Waals surface area (Å²) in [4.78, 5) is 14.7. The van der Waals surface area contributed by atoms with Crippen molar-refractivity contribution in [1.82, 2.24) is 0 Å². The first kappa shape index (κ1) is 39.5. The van der Waals surface area contributed by atoms with Gasteiger partial charge in [0.1, 0.15) is 35.7 Å². The molecule has 0 saturated carbocycles. The van der Waals surface area contributed by atoms with Crippen LogP contribution in [-0.2, 0) is 29.9 Å². The van der Waals surface area contributed by atoms with Crippen LogP contribution in [-0.4, -0.2) is 21.6 Å². The molecule has 6 aromatic carbocycles. The molecule has 0 aliphatic carbocycles. The number of fused-ring (bicyclic) bond motifs is 1. The number of rotatable bonds is 16. The molecule has 1 aromatic heterocycles. The van der Waals surface area contributed by atoms with Crippen LogP contribution in [0.15, 0.2) is 154 Å². The summed E-state index contributed by atoms with van der Waals surface area (Å²) >= 11 is 0. The number of hydrogen-bond acceptors (Lipinski definition) is 10. The Morgan fingerprint density at radius 3 is 1.67 bits per heavy atom. The second kappa shape index (κ2) is 17.6. The van der Waals surface area contributed by atoms with Crippen LogP contribution in [0.25, 0.3) is 22.3 Å². The number of benzene rings is 6. The maximum atomic E-state index is 14.9. The average molecular weight is 799 g/mol. The fraction of sp³-hybridized carbons (Fsp3) is 0.170. The lowest BCUT2D eigenvalue weighted by atomic mass is 10.1. The quantitative estimate of drug-likeness (QED) is 0.0874. The number of ether oxygens (including phenoxy) is 5. The Hall–Kier alpha value is -6.72. The van der Waals surface area contributed by atoms with E-state index < -0.39 is 27.4 Å². The van der Waals surface area contributed by atoms with E-state index in [1.807, 2.05) is 97.9 Å². The molecule has 7 aromatic rings. The van der Waals surface area contributed by atoms with E-state index in [0.717, 1.165) is 22.3 Å². The van der Waals surface area contributed by atoms with Gasteiger partial charge < -0.3 is 32.3 Å². The maximum absolute atomic E-state index is 14.9. The predicted molar refractivity (Wildman–Crippen MR) is 222 cm³/mol. The van der Waals surface area contributed by atoms with Crippen LogP contribution >= 0.6 is 0 Å². The van der Waals surface area contributed by atoms with Crippen molar-refractivity contribution >= 4 is 21.1 Å². The first-order valence-electron chi connectivity index (χ1n) is 18.6. The van der Waals surface area contributed by atoms with Crippen LogP contribution in [0.1, 0.15) is 36.1 Å². The molecule has 58 heavy (non-hydrogen) atoms. The van der Waals surface area contributed by atoms with Crippen molar-refractivity contribution in [2.45, 2.75) is 51.6 Å². The second-order valence-electron chi connectivity index (χ2n) is 13.7. The Kier molecular flexibility index (Phi) is 12.0. The van der Waals surface area contributed by atoms with Gasteiger partial charge in [-0.2, -0.15) is 8.42 Å². The molecule has 0 N–H and O–H groups in total. The highest BCUT2D eigenvalue weighted by atomic mass is 32.2. The third kappa shape index (κ3) is 9.11. The summed E-state index contributed by atoms with van der Waals surface area (Å²) in [5, 5.41) is -0.0983. The first-order valence-corrected chi connectivity index (χ1v) is 20.0. The largest absolute Gasteiger partial charge is 0.490 e. The van der Waals surface area contributed by atoms with Crippen molar-refractivity contribution in [2.75, 3.05) is 7.11 Å². The molecule has 0 aliphatic heterocycles. The topological polar surface area (TPSA) is 120 Å². The van der Waals surface area contributed by atoms with E-state index in [1.165, 1.54) is 25.3 Å². The Morgan fingerprint density at radius 1 is 0.603 bits per heavy atom. The van der Waals surface area contributed by atoms with Crippen molar-refractivity contribution in [2.24, 2.45) is 0 Å². The molecular weight excluding hydrogens is 757 g/mol. The second-order valence-corrected chi connectivity index (χ2v) is 15.2. The molecule has 7 rings (SSSR count). The molecule has 0 unspecified atom stereocenters. The summed E-state index contributed by atoms with van der Waals surface area (Å²) < 4.78 is 71.0. The zero-order valence-electron chi connectivity index (χ0n) is 32.5. The van der Waals surface area contributed by atoms with E-state index in [-0.39, 0.29) is 64.3 Å². The van der Waals surface area contributed by atoms with Crippen LogP contribution in [0.4, 0.5) is 0 Å². The summed E-state index contributed by atoms with van der Waals surface area (Å²) in [6.45, 7) is 6.02. The molecule has 0 saturated heterocycles. The van der Waals surface area contributed by atoms with Crippen LogP contribution < -0.4 is 33.3 Å². The van der Waals surface area contributed by atoms with Gasteiger partial charge in [0.2, 0.25) is 16.9 Å². The highest BCUT2D eigenvalue weighted by molar-refractivity contribution is 7.87. The molecule has 0 amide bonds. The zero-order chi connectivity index (χ0) is 40.6. The first-order chi connectivity index (χ1) is 28.1. The normalized spacial score (nSPS) is 11.3. The minimum absolute atomic E-state index is 0.00693. The highest BCUT2D eigenvalue weighted by Gasteiger charge is 2.30. The van der Waals surface area contributed by atoms with Gasteiger partial charge in [0, 0.05) is 11.6 Å². The van der Waals surface area contributed by atoms with Gasteiger partial charge >= 0.3 is 10.1 Å². The van der Waals surface area contributed by atoms with E-state index in [9.17, 15) is 13.2 Å². The lowest BCUT2D eigenvalue weighted by Gasteiger charge is -2.20. The molecule has 296 valence electrons. The van der Waals surface area contributed by atoms with Crippen molar-refractivity contribution < 1.29 is 40.7 Å². The Balaban J connectivity index is 1.42. The smallest absolute Gasteiger partial charge is 0.339 e. The predicted octanol–water partition coefficient (Wildman–Crippen LogP) is 10.1. The van der Waals surface area contributed by atoms with Gasteiger partial charge in [0.25, 0.3) is 0 Å². The van der Waals surface area contributed by atoms with Gasteiger partial charge in [-0.25, -0.2) is 0 Å². The van der Waals surface area contributed by atoms with Gasteiger partial charge in [-0.15, -0.1) is 0 Å². The molecule has 0 atom stereocenters. The van der Waals surface area contributed by atoms with E-state index in [1.54, 1.807) is 44.2 Å². The van der Waals surface area contributed by atoms with Crippen LogP contribution in [0.2, 0.25) is 0 Å². The molecule has 10 nitrogen and oxygen atoms in total. The third-order valence-electron chi connectivity index (χ3n) is 8.99. The molecule has 0 spiro atoms. The molecular formula is C47H42O10S. The molecule has 0 fully saturated rings. The van der Waals surface area contributed by atoms with Crippen molar-refractivity contribution in [1.29, 1.82) is 0 Å². The van der Waals surface area contributed by atoms with E-state index in [0.29, 0.717) is 11.5 Å². The number of methoxy groups -OCH3 is 1. The summed E-state index contributed by atoms with van der Waals surface area (Å²) in [7, 11) is -3.14. The fourth-order valence-electron chi connectivity index (χ4n) is 6.13. The lowest BCUT2D eigenvalue weighted by molar-refractivity contribution is 0.224. The SMILES string of the molecule is COc1c(OCc2ccccc2)cc2oc(-c3ccc(OCc4ccccc4)c(OCc4ccccc4)c3)c(OS(=O)(=O)c3ccc(C)cc3)c(=O)c2c1OC(C)C. The van der Waals surface area contributed by atoms with Gasteiger partial charge in [0.15, 0.2) is 28.8 Å². The standard InChI is InChI=1S/C47H42O10S/c1-31(2)55-46-42-40(27-41(45(46)51-4)54-30-35-18-12-7-13-19-35)56-44(47(43(42)48)57-58(49,50)37-23-20-32(3)21-24-37)36-22-25-38(52-28-33-14-8-5-9-15-33)39(26-36)53-29-34-16-10-6-11-17-34/h5-27,31H,28-30H2,1-4H3. The van der Waals surface area contributed by atoms with E-state index in [4.69, 9.17) is 32.3 Å². The van der Waals surface area contributed by atoms with Crippen molar-refractivity contribution in [3.63, 3.8) is 0 Å². The zero-order valence-corrected chi connectivity index (χ0v) is 33.3. The molecule has 11 heteroatoms. The summed E-state index contributed by atoms with van der Waals surface area (Å²) in [5.74, 6) is 0.332. The van der Waals surface area contributed by atoms with Gasteiger partial charge in [0.05, 0.1) is 13.2 Å².